The van der Waals surface area contributed by atoms with E-state index in [1.807, 2.05) is 25.1 Å². The van der Waals surface area contributed by atoms with Crippen LogP contribution in [0.15, 0.2) is 24.3 Å². The number of carbonyl (C=O) groups is 1. The first-order valence-electron chi connectivity index (χ1n) is 5.74. The van der Waals surface area contributed by atoms with E-state index >= 15 is 0 Å². The van der Waals surface area contributed by atoms with E-state index in [4.69, 9.17) is 4.74 Å². The van der Waals surface area contributed by atoms with Crippen LogP contribution in [0.25, 0.3) is 0 Å². The molecule has 0 radical (unpaired) electrons. The van der Waals surface area contributed by atoms with Gasteiger partial charge in [0.05, 0.1) is 6.54 Å². The Morgan fingerprint density at radius 3 is 3.06 bits per heavy atom. The molecule has 0 fully saturated rings. The maximum Gasteiger partial charge on any atom is 0.146 e. The number of hydrogen-bond acceptors (Lipinski definition) is 3. The van der Waals surface area contributed by atoms with Gasteiger partial charge in [-0.3, -0.25) is 9.69 Å². The van der Waals surface area contributed by atoms with Gasteiger partial charge < -0.3 is 4.74 Å². The number of carbonyl (C=O) groups excluding carboxylic acids is 1. The van der Waals surface area contributed by atoms with Gasteiger partial charge in [0.15, 0.2) is 0 Å². The van der Waals surface area contributed by atoms with Crippen LogP contribution >= 0.6 is 0 Å². The standard InChI is InChI=1S/C13H17NO2/c1-2-12(15)10-14-7-8-16-13-6-4-3-5-11(13)9-14/h3-6H,2,7-10H2,1H3. The predicted molar refractivity (Wildman–Crippen MR) is 62.5 cm³/mol. The molecule has 0 N–H and O–H groups in total. The smallest absolute Gasteiger partial charge is 0.146 e. The summed E-state index contributed by atoms with van der Waals surface area (Å²) in [5.74, 6) is 1.24. The molecule has 0 spiro atoms. The van der Waals surface area contributed by atoms with Gasteiger partial charge in [0.1, 0.15) is 18.1 Å². The minimum atomic E-state index is 0.291. The minimum absolute atomic E-state index is 0.291. The van der Waals surface area contributed by atoms with Crippen LogP contribution in [0, 0.1) is 0 Å². The molecule has 1 aliphatic heterocycles. The number of fused-ring (bicyclic) bond motifs is 1. The number of nitrogens with zero attached hydrogens (tertiary/aromatic N) is 1. The van der Waals surface area contributed by atoms with Crippen LogP contribution in [-0.4, -0.2) is 30.4 Å². The van der Waals surface area contributed by atoms with Crippen molar-refractivity contribution in [3.05, 3.63) is 29.8 Å². The van der Waals surface area contributed by atoms with Crippen LogP contribution < -0.4 is 4.74 Å². The first-order valence-corrected chi connectivity index (χ1v) is 5.74. The fourth-order valence-corrected chi connectivity index (χ4v) is 1.88. The summed E-state index contributed by atoms with van der Waals surface area (Å²) >= 11 is 0. The van der Waals surface area contributed by atoms with Crippen LogP contribution in [-0.2, 0) is 11.3 Å². The molecule has 16 heavy (non-hydrogen) atoms. The summed E-state index contributed by atoms with van der Waals surface area (Å²) in [6, 6.07) is 8.03. The Balaban J connectivity index is 2.07. The van der Waals surface area contributed by atoms with Gasteiger partial charge in [0, 0.05) is 25.1 Å². The second kappa shape index (κ2) is 5.12. The molecule has 0 amide bonds. The van der Waals surface area contributed by atoms with Crippen molar-refractivity contribution in [1.82, 2.24) is 4.90 Å². The highest BCUT2D eigenvalue weighted by Crippen LogP contribution is 2.22. The second-order valence-corrected chi connectivity index (χ2v) is 4.06. The number of hydrogen-bond donors (Lipinski definition) is 0. The lowest BCUT2D eigenvalue weighted by molar-refractivity contribution is -0.120. The van der Waals surface area contributed by atoms with E-state index in [1.54, 1.807) is 0 Å². The molecule has 1 heterocycles. The van der Waals surface area contributed by atoms with Crippen LogP contribution in [0.3, 0.4) is 0 Å². The summed E-state index contributed by atoms with van der Waals surface area (Å²) in [4.78, 5) is 13.6. The van der Waals surface area contributed by atoms with E-state index < -0.39 is 0 Å². The molecule has 3 heteroatoms. The Labute approximate surface area is 96.0 Å². The highest BCUT2D eigenvalue weighted by Gasteiger charge is 2.16. The van der Waals surface area contributed by atoms with Crippen molar-refractivity contribution in [2.24, 2.45) is 0 Å². The molecule has 1 aliphatic rings. The van der Waals surface area contributed by atoms with Gasteiger partial charge in [-0.05, 0) is 6.07 Å². The van der Waals surface area contributed by atoms with Crippen LogP contribution in [0.5, 0.6) is 5.75 Å². The molecule has 0 aromatic heterocycles. The number of Topliss-reactive ketones (excluding diaryl/α,β-unsaturated/α-hetero) is 1. The summed E-state index contributed by atoms with van der Waals surface area (Å²) in [5.41, 5.74) is 1.17. The summed E-state index contributed by atoms with van der Waals surface area (Å²) in [5, 5.41) is 0. The van der Waals surface area contributed by atoms with Crippen molar-refractivity contribution in [3.8, 4) is 5.75 Å². The Morgan fingerprint density at radius 1 is 1.44 bits per heavy atom. The van der Waals surface area contributed by atoms with E-state index in [2.05, 4.69) is 11.0 Å². The number of ether oxygens (including phenoxy) is 1. The van der Waals surface area contributed by atoms with Crippen molar-refractivity contribution in [1.29, 1.82) is 0 Å². The monoisotopic (exact) mass is 219 g/mol. The van der Waals surface area contributed by atoms with Gasteiger partial charge in [-0.25, -0.2) is 0 Å². The lowest BCUT2D eigenvalue weighted by atomic mass is 10.2. The topological polar surface area (TPSA) is 29.5 Å². The Bertz CT molecular complexity index is 376. The van der Waals surface area contributed by atoms with Crippen molar-refractivity contribution in [3.63, 3.8) is 0 Å². The highest BCUT2D eigenvalue weighted by molar-refractivity contribution is 5.80. The fourth-order valence-electron chi connectivity index (χ4n) is 1.88. The Hall–Kier alpha value is -1.35. The van der Waals surface area contributed by atoms with E-state index in [9.17, 15) is 4.79 Å². The third kappa shape index (κ3) is 2.61. The second-order valence-electron chi connectivity index (χ2n) is 4.06. The average Bonchev–Trinajstić information content (AvgIpc) is 2.50. The van der Waals surface area contributed by atoms with Crippen molar-refractivity contribution in [2.45, 2.75) is 19.9 Å². The lowest BCUT2D eigenvalue weighted by Gasteiger charge is -2.17. The van der Waals surface area contributed by atoms with Crippen LogP contribution in [0.2, 0.25) is 0 Å². The number of para-hydroxylation sites is 1. The highest BCUT2D eigenvalue weighted by atomic mass is 16.5. The number of ketones is 1. The summed E-state index contributed by atoms with van der Waals surface area (Å²) < 4.78 is 5.64. The molecule has 0 bridgehead atoms. The van der Waals surface area contributed by atoms with Crippen LogP contribution in [0.1, 0.15) is 18.9 Å². The van der Waals surface area contributed by atoms with Gasteiger partial charge >= 0.3 is 0 Å². The van der Waals surface area contributed by atoms with Crippen molar-refractivity contribution >= 4 is 5.78 Å². The summed E-state index contributed by atoms with van der Waals surface area (Å²) in [6.07, 6.45) is 0.610. The zero-order valence-corrected chi connectivity index (χ0v) is 9.61. The van der Waals surface area contributed by atoms with Gasteiger partial charge in [-0.15, -0.1) is 0 Å². The zero-order chi connectivity index (χ0) is 11.4. The lowest BCUT2D eigenvalue weighted by Crippen LogP contribution is -2.31. The molecule has 0 aliphatic carbocycles. The zero-order valence-electron chi connectivity index (χ0n) is 9.61. The fraction of sp³-hybridized carbons (Fsp3) is 0.462. The normalized spacial score (nSPS) is 16.1. The largest absolute Gasteiger partial charge is 0.492 e. The molecule has 0 saturated heterocycles. The summed E-state index contributed by atoms with van der Waals surface area (Å²) in [6.45, 7) is 4.73. The molecular weight excluding hydrogens is 202 g/mol. The minimum Gasteiger partial charge on any atom is -0.492 e. The molecule has 0 atom stereocenters. The first kappa shape index (κ1) is 11.1. The molecular formula is C13H17NO2. The third-order valence-corrected chi connectivity index (χ3v) is 2.83. The molecule has 1 aromatic rings. The SMILES string of the molecule is CCC(=O)CN1CCOc2ccccc2C1. The first-order chi connectivity index (χ1) is 7.79. The molecule has 2 rings (SSSR count). The Kier molecular flexibility index (Phi) is 3.57. The third-order valence-electron chi connectivity index (χ3n) is 2.83. The molecule has 0 unspecified atom stereocenters. The number of rotatable bonds is 3. The molecule has 86 valence electrons. The van der Waals surface area contributed by atoms with Gasteiger partial charge in [0.25, 0.3) is 0 Å². The average molecular weight is 219 g/mol. The van der Waals surface area contributed by atoms with Crippen molar-refractivity contribution in [2.75, 3.05) is 19.7 Å². The van der Waals surface area contributed by atoms with E-state index in [1.165, 1.54) is 5.56 Å². The maximum atomic E-state index is 11.4. The maximum absolute atomic E-state index is 11.4. The van der Waals surface area contributed by atoms with E-state index in [0.29, 0.717) is 25.4 Å². The van der Waals surface area contributed by atoms with Crippen molar-refractivity contribution < 1.29 is 9.53 Å². The molecule has 1 aromatic carbocycles. The van der Waals surface area contributed by atoms with Crippen LogP contribution in [0.4, 0.5) is 0 Å². The quantitative estimate of drug-likeness (QED) is 0.777. The van der Waals surface area contributed by atoms with E-state index in [-0.39, 0.29) is 0 Å². The Morgan fingerprint density at radius 2 is 2.25 bits per heavy atom. The van der Waals surface area contributed by atoms with Gasteiger partial charge in [-0.1, -0.05) is 25.1 Å². The molecule has 3 nitrogen and oxygen atoms in total. The van der Waals surface area contributed by atoms with E-state index in [0.717, 1.165) is 18.8 Å². The summed E-state index contributed by atoms with van der Waals surface area (Å²) in [7, 11) is 0. The predicted octanol–water partition coefficient (Wildman–Crippen LogP) is 1.86. The van der Waals surface area contributed by atoms with Gasteiger partial charge in [-0.2, -0.15) is 0 Å². The number of benzene rings is 1. The van der Waals surface area contributed by atoms with Gasteiger partial charge in [0.2, 0.25) is 0 Å². The molecule has 0 saturated carbocycles.